The van der Waals surface area contributed by atoms with Gasteiger partial charge in [-0.1, -0.05) is 159 Å². The highest BCUT2D eigenvalue weighted by Gasteiger charge is 2.37. The van der Waals surface area contributed by atoms with E-state index in [9.17, 15) is 0 Å². The van der Waals surface area contributed by atoms with Crippen molar-refractivity contribution >= 4 is 64.9 Å². The molecule has 13 rings (SSSR count). The van der Waals surface area contributed by atoms with Crippen LogP contribution in [0.2, 0.25) is 0 Å². The van der Waals surface area contributed by atoms with Crippen molar-refractivity contribution in [3.05, 3.63) is 211 Å². The summed E-state index contributed by atoms with van der Waals surface area (Å²) in [7, 11) is 0. The lowest BCUT2D eigenvalue weighted by Crippen LogP contribution is -2.16. The second-order valence-electron chi connectivity index (χ2n) is 17.3. The molecule has 12 aromatic rings. The van der Waals surface area contributed by atoms with Crippen molar-refractivity contribution in [1.82, 2.24) is 4.57 Å². The van der Waals surface area contributed by atoms with Gasteiger partial charge in [-0.3, -0.25) is 4.57 Å². The number of hydrogen-bond acceptors (Lipinski definition) is 1. The van der Waals surface area contributed by atoms with Crippen LogP contribution in [0.3, 0.4) is 0 Å². The first-order valence-electron chi connectivity index (χ1n) is 21.2. The molecule has 1 aliphatic carbocycles. The molecule has 286 valence electrons. The number of furan rings is 1. The van der Waals surface area contributed by atoms with Crippen molar-refractivity contribution < 1.29 is 4.42 Å². The standard InChI is InChI=1S/C59H39NO/c1-59(2)53-22-11-10-19-47(53)48-21-12-20-46(56(48)59)44-31-43(36-13-4-3-5-14-36)32-45(33-44)54-27-28-55(61-54)60-57-49(25-23-41-29-37-15-6-8-17-39(37)34-51(41)57)50-26-24-42-30-38-16-7-9-18-40(38)35-52(42)58(50)60/h3-35H,1-2H3. The van der Waals surface area contributed by atoms with Crippen LogP contribution in [0.15, 0.2) is 205 Å². The van der Waals surface area contributed by atoms with E-state index >= 15 is 0 Å². The van der Waals surface area contributed by atoms with E-state index in [2.05, 4.69) is 219 Å². The van der Waals surface area contributed by atoms with E-state index in [0.717, 1.165) is 33.8 Å². The zero-order valence-corrected chi connectivity index (χ0v) is 33.9. The topological polar surface area (TPSA) is 18.1 Å². The molecule has 0 aliphatic heterocycles. The van der Waals surface area contributed by atoms with Gasteiger partial charge in [0.1, 0.15) is 5.76 Å². The number of hydrogen-bond donors (Lipinski definition) is 0. The van der Waals surface area contributed by atoms with Crippen LogP contribution in [0.1, 0.15) is 25.0 Å². The summed E-state index contributed by atoms with van der Waals surface area (Å²) in [5.74, 6) is 1.62. The third-order valence-electron chi connectivity index (χ3n) is 13.5. The van der Waals surface area contributed by atoms with Crippen LogP contribution >= 0.6 is 0 Å². The predicted molar refractivity (Wildman–Crippen MR) is 257 cm³/mol. The molecule has 2 heterocycles. The lowest BCUT2D eigenvalue weighted by atomic mass is 9.78. The quantitative estimate of drug-likeness (QED) is 0.163. The zero-order valence-electron chi connectivity index (χ0n) is 33.9. The summed E-state index contributed by atoms with van der Waals surface area (Å²) >= 11 is 0. The molecule has 61 heavy (non-hydrogen) atoms. The van der Waals surface area contributed by atoms with Gasteiger partial charge < -0.3 is 4.42 Å². The van der Waals surface area contributed by atoms with Gasteiger partial charge in [0.2, 0.25) is 5.88 Å². The lowest BCUT2D eigenvalue weighted by Gasteiger charge is -2.25. The SMILES string of the molecule is CC1(C)c2ccccc2-c2cccc(-c3cc(-c4ccccc4)cc(-c4ccc(-n5c6c7cc8ccccc8cc7ccc6c6ccc7cc8ccccc8cc7c65)o4)c3)c21. The molecule has 0 unspecified atom stereocenters. The van der Waals surface area contributed by atoms with Gasteiger partial charge >= 0.3 is 0 Å². The summed E-state index contributed by atoms with van der Waals surface area (Å²) in [6.45, 7) is 4.74. The van der Waals surface area contributed by atoms with Crippen LogP contribution < -0.4 is 0 Å². The molecular weight excluding hydrogens is 739 g/mol. The fourth-order valence-corrected chi connectivity index (χ4v) is 10.7. The number of nitrogens with zero attached hydrogens (tertiary/aromatic N) is 1. The van der Waals surface area contributed by atoms with E-state index in [1.807, 2.05) is 0 Å². The molecule has 2 aromatic heterocycles. The monoisotopic (exact) mass is 777 g/mol. The Morgan fingerprint density at radius 2 is 0.902 bits per heavy atom. The molecule has 0 atom stereocenters. The molecular formula is C59H39NO. The van der Waals surface area contributed by atoms with Gasteiger partial charge in [0.05, 0.1) is 11.0 Å². The summed E-state index contributed by atoms with van der Waals surface area (Å²) < 4.78 is 9.63. The maximum Gasteiger partial charge on any atom is 0.205 e. The third kappa shape index (κ3) is 5.03. The van der Waals surface area contributed by atoms with E-state index in [1.165, 1.54) is 92.8 Å². The number of benzene rings is 10. The highest BCUT2D eigenvalue weighted by atomic mass is 16.4. The first-order chi connectivity index (χ1) is 30.0. The fraction of sp³-hybridized carbons (Fsp3) is 0.0508. The van der Waals surface area contributed by atoms with Gasteiger partial charge in [0.15, 0.2) is 0 Å². The van der Waals surface area contributed by atoms with Crippen molar-refractivity contribution in [3.63, 3.8) is 0 Å². The number of rotatable bonds is 4. The Morgan fingerprint density at radius 1 is 0.361 bits per heavy atom. The van der Waals surface area contributed by atoms with Gasteiger partial charge in [0.25, 0.3) is 0 Å². The second-order valence-corrected chi connectivity index (χ2v) is 17.3. The predicted octanol–water partition coefficient (Wildman–Crippen LogP) is 16.3. The molecule has 0 spiro atoms. The normalized spacial score (nSPS) is 13.2. The smallest absolute Gasteiger partial charge is 0.205 e. The minimum atomic E-state index is -0.151. The van der Waals surface area contributed by atoms with Crippen molar-refractivity contribution in [3.8, 4) is 50.6 Å². The lowest BCUT2D eigenvalue weighted by molar-refractivity contribution is 0.560. The molecule has 0 radical (unpaired) electrons. The highest BCUT2D eigenvalue weighted by molar-refractivity contribution is 6.25. The van der Waals surface area contributed by atoms with E-state index in [1.54, 1.807) is 0 Å². The van der Waals surface area contributed by atoms with Crippen molar-refractivity contribution in [2.24, 2.45) is 0 Å². The van der Waals surface area contributed by atoms with E-state index < -0.39 is 0 Å². The minimum absolute atomic E-state index is 0.151. The van der Waals surface area contributed by atoms with Gasteiger partial charge in [-0.2, -0.15) is 0 Å². The zero-order chi connectivity index (χ0) is 40.4. The second kappa shape index (κ2) is 12.7. The number of fused-ring (bicyclic) bond motifs is 12. The highest BCUT2D eigenvalue weighted by Crippen LogP contribution is 2.53. The summed E-state index contributed by atoms with van der Waals surface area (Å²) in [5, 5.41) is 12.2. The van der Waals surface area contributed by atoms with Crippen LogP contribution in [0.4, 0.5) is 0 Å². The fourth-order valence-electron chi connectivity index (χ4n) is 10.7. The van der Waals surface area contributed by atoms with Gasteiger partial charge in [0, 0.05) is 38.6 Å². The van der Waals surface area contributed by atoms with Crippen LogP contribution in [-0.4, -0.2) is 4.57 Å². The molecule has 2 heteroatoms. The van der Waals surface area contributed by atoms with Crippen LogP contribution in [0.5, 0.6) is 0 Å². The van der Waals surface area contributed by atoms with Crippen molar-refractivity contribution in [2.75, 3.05) is 0 Å². The number of aromatic nitrogens is 1. The molecule has 0 fully saturated rings. The van der Waals surface area contributed by atoms with E-state index in [4.69, 9.17) is 4.42 Å². The van der Waals surface area contributed by atoms with Gasteiger partial charge in [-0.15, -0.1) is 0 Å². The summed E-state index contributed by atoms with van der Waals surface area (Å²) in [6.07, 6.45) is 0. The first-order valence-corrected chi connectivity index (χ1v) is 21.2. The largest absolute Gasteiger partial charge is 0.440 e. The average Bonchev–Trinajstić information content (AvgIpc) is 4.00. The summed E-state index contributed by atoms with van der Waals surface area (Å²) in [6, 6.07) is 73.6. The molecule has 10 aromatic carbocycles. The van der Waals surface area contributed by atoms with E-state index in [0.29, 0.717) is 0 Å². The Balaban J connectivity index is 1.07. The van der Waals surface area contributed by atoms with Crippen LogP contribution in [0, 0.1) is 0 Å². The average molecular weight is 778 g/mol. The van der Waals surface area contributed by atoms with Crippen LogP contribution in [0.25, 0.3) is 115 Å². The maximum atomic E-state index is 7.23. The van der Waals surface area contributed by atoms with Crippen molar-refractivity contribution in [1.29, 1.82) is 0 Å². The molecule has 1 aliphatic rings. The maximum absolute atomic E-state index is 7.23. The first kappa shape index (κ1) is 34.2. The molecule has 2 nitrogen and oxygen atoms in total. The Kier molecular flexibility index (Phi) is 7.10. The van der Waals surface area contributed by atoms with Gasteiger partial charge in [-0.25, -0.2) is 0 Å². The molecule has 0 saturated carbocycles. The Bertz CT molecular complexity index is 3650. The Hall–Kier alpha value is -7.68. The molecule has 0 saturated heterocycles. The van der Waals surface area contributed by atoms with Crippen LogP contribution in [-0.2, 0) is 5.41 Å². The minimum Gasteiger partial charge on any atom is -0.440 e. The Morgan fingerprint density at radius 3 is 1.57 bits per heavy atom. The van der Waals surface area contributed by atoms with E-state index in [-0.39, 0.29) is 5.41 Å². The van der Waals surface area contributed by atoms with Crippen molar-refractivity contribution in [2.45, 2.75) is 19.3 Å². The Labute approximate surface area is 353 Å². The summed E-state index contributed by atoms with van der Waals surface area (Å²) in [5.41, 5.74) is 13.4. The molecule has 0 bridgehead atoms. The third-order valence-corrected chi connectivity index (χ3v) is 13.5. The summed E-state index contributed by atoms with van der Waals surface area (Å²) in [4.78, 5) is 0. The molecule has 0 amide bonds. The molecule has 0 N–H and O–H groups in total. The van der Waals surface area contributed by atoms with Gasteiger partial charge in [-0.05, 0) is 125 Å².